The number of oxazole rings is 1. The zero-order valence-electron chi connectivity index (χ0n) is 13.8. The quantitative estimate of drug-likeness (QED) is 0.569. The number of aromatic nitrogens is 3. The van der Waals surface area contributed by atoms with Crippen LogP contribution in [0.1, 0.15) is 11.3 Å². The fraction of sp³-hybridized carbons (Fsp3) is 0.105. The van der Waals surface area contributed by atoms with E-state index >= 15 is 0 Å². The molecule has 0 aliphatic rings. The summed E-state index contributed by atoms with van der Waals surface area (Å²) in [6.07, 6.45) is 7.11. The van der Waals surface area contributed by atoms with Gasteiger partial charge in [0.25, 0.3) is 0 Å². The van der Waals surface area contributed by atoms with Crippen molar-refractivity contribution in [3.05, 3.63) is 78.0 Å². The van der Waals surface area contributed by atoms with Gasteiger partial charge >= 0.3 is 0 Å². The molecular formula is C19H16N4O2S. The molecule has 1 aromatic carbocycles. The molecule has 1 amide bonds. The van der Waals surface area contributed by atoms with Crippen LogP contribution in [0.25, 0.3) is 16.5 Å². The Kier molecular flexibility index (Phi) is 4.61. The maximum atomic E-state index is 12.1. The molecule has 0 spiro atoms. The van der Waals surface area contributed by atoms with E-state index in [4.69, 9.17) is 4.42 Å². The van der Waals surface area contributed by atoms with Crippen molar-refractivity contribution in [1.29, 1.82) is 0 Å². The van der Waals surface area contributed by atoms with E-state index in [-0.39, 0.29) is 12.3 Å². The fourth-order valence-corrected chi connectivity index (χ4v) is 3.18. The molecule has 4 aromatic rings. The molecule has 0 saturated heterocycles. The molecule has 6 nitrogen and oxygen atoms in total. The Morgan fingerprint density at radius 3 is 2.85 bits per heavy atom. The number of nitrogens with zero attached hydrogens (tertiary/aromatic N) is 3. The second-order valence-corrected chi connectivity index (χ2v) is 6.66. The highest BCUT2D eigenvalue weighted by atomic mass is 32.1. The molecule has 0 saturated carbocycles. The van der Waals surface area contributed by atoms with Crippen LogP contribution in [0.15, 0.2) is 71.2 Å². The predicted octanol–water partition coefficient (Wildman–Crippen LogP) is 3.45. The van der Waals surface area contributed by atoms with E-state index in [2.05, 4.69) is 15.3 Å². The largest absolute Gasteiger partial charge is 0.444 e. The summed E-state index contributed by atoms with van der Waals surface area (Å²) < 4.78 is 7.36. The summed E-state index contributed by atoms with van der Waals surface area (Å²) in [5, 5.41) is 4.87. The lowest BCUT2D eigenvalue weighted by molar-refractivity contribution is -0.120. The monoisotopic (exact) mass is 364 g/mol. The Labute approximate surface area is 154 Å². The van der Waals surface area contributed by atoms with Gasteiger partial charge in [0, 0.05) is 24.6 Å². The van der Waals surface area contributed by atoms with Crippen molar-refractivity contribution in [2.45, 2.75) is 13.0 Å². The van der Waals surface area contributed by atoms with E-state index in [1.165, 1.54) is 6.26 Å². The molecule has 26 heavy (non-hydrogen) atoms. The summed E-state index contributed by atoms with van der Waals surface area (Å²) in [5.41, 5.74) is 2.68. The van der Waals surface area contributed by atoms with Gasteiger partial charge < -0.3 is 14.3 Å². The number of hydrogen-bond donors (Lipinski definition) is 1. The summed E-state index contributed by atoms with van der Waals surface area (Å²) in [6, 6.07) is 11.8. The van der Waals surface area contributed by atoms with E-state index in [9.17, 15) is 4.79 Å². The van der Waals surface area contributed by atoms with Crippen LogP contribution in [0.3, 0.4) is 0 Å². The SMILES string of the molecule is O=C(Cc1coc(-c2cccs2)n1)NCc1ccc(-n2ccnc2)cc1. The molecule has 0 radical (unpaired) electrons. The number of carbonyl (C=O) groups is 1. The molecule has 130 valence electrons. The molecule has 0 bridgehead atoms. The van der Waals surface area contributed by atoms with E-state index in [0.29, 0.717) is 18.1 Å². The van der Waals surface area contributed by atoms with Crippen molar-refractivity contribution in [3.8, 4) is 16.5 Å². The van der Waals surface area contributed by atoms with E-state index in [1.54, 1.807) is 23.9 Å². The first-order valence-electron chi connectivity index (χ1n) is 8.10. The van der Waals surface area contributed by atoms with E-state index in [0.717, 1.165) is 16.1 Å². The summed E-state index contributed by atoms with van der Waals surface area (Å²) in [6.45, 7) is 0.471. The number of carbonyl (C=O) groups excluding carboxylic acids is 1. The second-order valence-electron chi connectivity index (χ2n) is 5.71. The standard InChI is InChI=1S/C19H16N4O2S/c24-18(10-15-12-25-19(22-15)17-2-1-9-26-17)21-11-14-3-5-16(6-4-14)23-8-7-20-13-23/h1-9,12-13H,10-11H2,(H,21,24). The van der Waals surface area contributed by atoms with Crippen molar-refractivity contribution in [2.24, 2.45) is 0 Å². The minimum Gasteiger partial charge on any atom is -0.444 e. The Bertz CT molecular complexity index is 973. The van der Waals surface area contributed by atoms with Crippen LogP contribution in [0.5, 0.6) is 0 Å². The van der Waals surface area contributed by atoms with E-state index < -0.39 is 0 Å². The van der Waals surface area contributed by atoms with Gasteiger partial charge in [-0.05, 0) is 29.1 Å². The van der Waals surface area contributed by atoms with Crippen molar-refractivity contribution >= 4 is 17.2 Å². The summed E-state index contributed by atoms with van der Waals surface area (Å²) in [7, 11) is 0. The normalized spacial score (nSPS) is 10.8. The smallest absolute Gasteiger partial charge is 0.236 e. The molecule has 0 unspecified atom stereocenters. The molecule has 0 fully saturated rings. The number of thiophene rings is 1. The first-order valence-corrected chi connectivity index (χ1v) is 8.98. The van der Waals surface area contributed by atoms with Gasteiger partial charge in [0.15, 0.2) is 0 Å². The number of amides is 1. The second kappa shape index (κ2) is 7.37. The molecule has 3 aromatic heterocycles. The molecule has 0 aliphatic heterocycles. The predicted molar refractivity (Wildman–Crippen MR) is 98.9 cm³/mol. The number of hydrogen-bond acceptors (Lipinski definition) is 5. The van der Waals surface area contributed by atoms with Gasteiger partial charge in [-0.2, -0.15) is 0 Å². The first kappa shape index (κ1) is 16.3. The highest BCUT2D eigenvalue weighted by molar-refractivity contribution is 7.13. The van der Waals surface area contributed by atoms with Gasteiger partial charge in [0.1, 0.15) is 6.26 Å². The molecule has 3 heterocycles. The van der Waals surface area contributed by atoms with Crippen LogP contribution >= 0.6 is 11.3 Å². The van der Waals surface area contributed by atoms with E-state index in [1.807, 2.05) is 52.5 Å². The van der Waals surface area contributed by atoms with Crippen LogP contribution in [0, 0.1) is 0 Å². The molecular weight excluding hydrogens is 348 g/mol. The van der Waals surface area contributed by atoms with Gasteiger partial charge in [0.2, 0.25) is 11.8 Å². The van der Waals surface area contributed by atoms with Crippen molar-refractivity contribution in [1.82, 2.24) is 19.9 Å². The zero-order valence-corrected chi connectivity index (χ0v) is 14.6. The van der Waals surface area contributed by atoms with Crippen molar-refractivity contribution in [2.75, 3.05) is 0 Å². The first-order chi connectivity index (χ1) is 12.8. The van der Waals surface area contributed by atoms with Gasteiger partial charge in [-0.3, -0.25) is 4.79 Å². The minimum absolute atomic E-state index is 0.0882. The summed E-state index contributed by atoms with van der Waals surface area (Å²) in [4.78, 5) is 21.5. The Balaban J connectivity index is 1.31. The molecule has 7 heteroatoms. The van der Waals surface area contributed by atoms with Crippen LogP contribution < -0.4 is 5.32 Å². The number of imidazole rings is 1. The van der Waals surface area contributed by atoms with Crippen LogP contribution in [0.2, 0.25) is 0 Å². The van der Waals surface area contributed by atoms with Gasteiger partial charge in [-0.1, -0.05) is 18.2 Å². The maximum absolute atomic E-state index is 12.1. The summed E-state index contributed by atoms with van der Waals surface area (Å²) >= 11 is 1.55. The lowest BCUT2D eigenvalue weighted by Gasteiger charge is -2.06. The Morgan fingerprint density at radius 1 is 1.23 bits per heavy atom. The molecule has 0 atom stereocenters. The highest BCUT2D eigenvalue weighted by Crippen LogP contribution is 2.23. The molecule has 4 rings (SSSR count). The van der Waals surface area contributed by atoms with Crippen molar-refractivity contribution < 1.29 is 9.21 Å². The number of nitrogens with one attached hydrogen (secondary N) is 1. The zero-order chi connectivity index (χ0) is 17.8. The maximum Gasteiger partial charge on any atom is 0.236 e. The van der Waals surface area contributed by atoms with Gasteiger partial charge in [0.05, 0.1) is 23.3 Å². The highest BCUT2D eigenvalue weighted by Gasteiger charge is 2.11. The van der Waals surface area contributed by atoms with Gasteiger partial charge in [-0.15, -0.1) is 11.3 Å². The topological polar surface area (TPSA) is 73.0 Å². The lowest BCUT2D eigenvalue weighted by atomic mass is 10.2. The summed E-state index contributed by atoms with van der Waals surface area (Å²) in [5.74, 6) is 0.465. The Hall–Kier alpha value is -3.19. The third-order valence-electron chi connectivity index (χ3n) is 3.85. The average Bonchev–Trinajstić information content (AvgIpc) is 3.41. The van der Waals surface area contributed by atoms with Crippen LogP contribution in [-0.4, -0.2) is 20.4 Å². The minimum atomic E-state index is -0.0882. The third kappa shape index (κ3) is 3.73. The lowest BCUT2D eigenvalue weighted by Crippen LogP contribution is -2.24. The number of benzene rings is 1. The number of rotatable bonds is 6. The molecule has 1 N–H and O–H groups in total. The Morgan fingerprint density at radius 2 is 2.12 bits per heavy atom. The molecule has 0 aliphatic carbocycles. The van der Waals surface area contributed by atoms with Crippen LogP contribution in [-0.2, 0) is 17.8 Å². The van der Waals surface area contributed by atoms with Crippen molar-refractivity contribution in [3.63, 3.8) is 0 Å². The third-order valence-corrected chi connectivity index (χ3v) is 4.71. The average molecular weight is 364 g/mol. The van der Waals surface area contributed by atoms with Crippen LogP contribution in [0.4, 0.5) is 0 Å². The van der Waals surface area contributed by atoms with Gasteiger partial charge in [-0.25, -0.2) is 9.97 Å². The fourth-order valence-electron chi connectivity index (χ4n) is 2.53.